The van der Waals surface area contributed by atoms with Crippen LogP contribution in [-0.2, 0) is 6.42 Å². The third kappa shape index (κ3) is 4.27. The Labute approximate surface area is 176 Å². The van der Waals surface area contributed by atoms with Crippen LogP contribution in [0, 0.1) is 13.8 Å². The predicted molar refractivity (Wildman–Crippen MR) is 119 cm³/mol. The summed E-state index contributed by atoms with van der Waals surface area (Å²) in [4.78, 5) is 21.9. The number of nitrogens with one attached hydrogen (secondary N) is 2. The van der Waals surface area contributed by atoms with Crippen LogP contribution in [-0.4, -0.2) is 22.4 Å². The molecule has 0 saturated carbocycles. The fourth-order valence-corrected chi connectivity index (χ4v) is 3.56. The van der Waals surface area contributed by atoms with Crippen molar-refractivity contribution in [1.29, 1.82) is 0 Å². The van der Waals surface area contributed by atoms with E-state index >= 15 is 0 Å². The first-order valence-corrected chi connectivity index (χ1v) is 10.3. The highest BCUT2D eigenvalue weighted by molar-refractivity contribution is 6.03. The number of hydrogen-bond donors (Lipinski definition) is 2. The van der Waals surface area contributed by atoms with Crippen LogP contribution in [0.3, 0.4) is 0 Å². The second-order valence-electron chi connectivity index (χ2n) is 7.50. The molecule has 0 bridgehead atoms. The molecule has 1 aliphatic rings. The fourth-order valence-electron chi connectivity index (χ4n) is 3.56. The molecule has 0 saturated heterocycles. The van der Waals surface area contributed by atoms with Gasteiger partial charge < -0.3 is 15.4 Å². The fraction of sp³-hybridized carbons (Fsp3) is 0.292. The lowest BCUT2D eigenvalue weighted by Gasteiger charge is -2.19. The molecule has 2 aromatic carbocycles. The van der Waals surface area contributed by atoms with E-state index in [9.17, 15) is 4.79 Å². The maximum absolute atomic E-state index is 12.6. The van der Waals surface area contributed by atoms with E-state index in [1.54, 1.807) is 0 Å². The van der Waals surface area contributed by atoms with Crippen LogP contribution in [0.1, 0.15) is 46.9 Å². The van der Waals surface area contributed by atoms with Crippen molar-refractivity contribution in [3.05, 3.63) is 64.8 Å². The minimum absolute atomic E-state index is 0.0928. The smallest absolute Gasteiger partial charge is 0.229 e. The number of ketones is 1. The number of hydrogen-bond acceptors (Lipinski definition) is 6. The van der Waals surface area contributed by atoms with Crippen molar-refractivity contribution in [2.45, 2.75) is 40.0 Å². The largest absolute Gasteiger partial charge is 0.494 e. The molecule has 0 amide bonds. The number of ether oxygens (including phenoxy) is 1. The van der Waals surface area contributed by atoms with Gasteiger partial charge in [-0.2, -0.15) is 4.98 Å². The van der Waals surface area contributed by atoms with E-state index in [1.165, 1.54) is 11.1 Å². The molecule has 4 rings (SSSR count). The van der Waals surface area contributed by atoms with Crippen molar-refractivity contribution in [2.75, 3.05) is 17.2 Å². The van der Waals surface area contributed by atoms with Gasteiger partial charge >= 0.3 is 0 Å². The summed E-state index contributed by atoms with van der Waals surface area (Å²) in [5.74, 6) is 1.94. The molecule has 0 atom stereocenters. The summed E-state index contributed by atoms with van der Waals surface area (Å²) in [5.41, 5.74) is 5.57. The third-order valence-electron chi connectivity index (χ3n) is 5.27. The number of nitrogens with zero attached hydrogens (tertiary/aromatic N) is 2. The number of carbonyl (C=O) groups excluding carboxylic acids is 1. The van der Waals surface area contributed by atoms with Crippen LogP contribution in [0.4, 0.5) is 23.1 Å². The number of benzene rings is 2. The zero-order chi connectivity index (χ0) is 21.1. The number of aryl methyl sites for hydroxylation is 3. The second kappa shape index (κ2) is 8.53. The molecule has 0 fully saturated rings. The zero-order valence-corrected chi connectivity index (χ0v) is 17.6. The first kappa shape index (κ1) is 19.9. The van der Waals surface area contributed by atoms with Gasteiger partial charge in [0.2, 0.25) is 5.95 Å². The van der Waals surface area contributed by atoms with Crippen LogP contribution >= 0.6 is 0 Å². The maximum Gasteiger partial charge on any atom is 0.229 e. The van der Waals surface area contributed by atoms with Gasteiger partial charge in [0.05, 0.1) is 17.9 Å². The van der Waals surface area contributed by atoms with Gasteiger partial charge in [0, 0.05) is 17.8 Å². The van der Waals surface area contributed by atoms with Gasteiger partial charge in [-0.25, -0.2) is 4.98 Å². The van der Waals surface area contributed by atoms with E-state index in [-0.39, 0.29) is 5.78 Å². The molecule has 30 heavy (non-hydrogen) atoms. The molecule has 0 unspecified atom stereocenters. The van der Waals surface area contributed by atoms with Gasteiger partial charge in [-0.15, -0.1) is 0 Å². The lowest BCUT2D eigenvalue weighted by atomic mass is 9.95. The molecule has 0 spiro atoms. The molecular weight excluding hydrogens is 376 g/mol. The van der Waals surface area contributed by atoms with Crippen molar-refractivity contribution in [3.63, 3.8) is 0 Å². The van der Waals surface area contributed by atoms with Crippen molar-refractivity contribution < 1.29 is 9.53 Å². The van der Waals surface area contributed by atoms with Crippen molar-refractivity contribution >= 4 is 28.9 Å². The van der Waals surface area contributed by atoms with E-state index in [0.717, 1.165) is 35.7 Å². The first-order chi connectivity index (χ1) is 14.5. The van der Waals surface area contributed by atoms with Crippen LogP contribution in [0.2, 0.25) is 0 Å². The summed E-state index contributed by atoms with van der Waals surface area (Å²) in [6.45, 7) is 6.73. The number of anilines is 4. The number of fused-ring (bicyclic) bond motifs is 1. The normalized spacial score (nSPS) is 13.0. The quantitative estimate of drug-likeness (QED) is 0.567. The highest BCUT2D eigenvalue weighted by atomic mass is 16.5. The standard InChI is InChI=1S/C24H26N4O2/c1-4-30-19-12-10-17(11-13-19)26-24-27-20-6-5-7-21(29)22(20)23(28-24)25-18-9-8-15(2)16(3)14-18/h8-14H,4-7H2,1-3H3,(H2,25,26,27,28). The van der Waals surface area contributed by atoms with E-state index < -0.39 is 0 Å². The summed E-state index contributed by atoms with van der Waals surface area (Å²) in [6.07, 6.45) is 2.11. The average Bonchev–Trinajstić information content (AvgIpc) is 2.72. The predicted octanol–water partition coefficient (Wildman–Crippen LogP) is 5.50. The Morgan fingerprint density at radius 2 is 1.70 bits per heavy atom. The maximum atomic E-state index is 12.6. The molecular formula is C24H26N4O2. The van der Waals surface area contributed by atoms with Crippen LogP contribution in [0.15, 0.2) is 42.5 Å². The molecule has 1 aromatic heterocycles. The highest BCUT2D eigenvalue weighted by Gasteiger charge is 2.24. The van der Waals surface area contributed by atoms with E-state index in [1.807, 2.05) is 37.3 Å². The van der Waals surface area contributed by atoms with Crippen LogP contribution in [0.5, 0.6) is 5.75 Å². The van der Waals surface area contributed by atoms with E-state index in [2.05, 4.69) is 46.6 Å². The SMILES string of the molecule is CCOc1ccc(Nc2nc3c(c(Nc4ccc(C)c(C)c4)n2)C(=O)CCC3)cc1. The Kier molecular flexibility index (Phi) is 5.65. The molecule has 1 aliphatic carbocycles. The Balaban J connectivity index is 1.67. The van der Waals surface area contributed by atoms with E-state index in [0.29, 0.717) is 30.4 Å². The highest BCUT2D eigenvalue weighted by Crippen LogP contribution is 2.30. The Bertz CT molecular complexity index is 1080. The third-order valence-corrected chi connectivity index (χ3v) is 5.27. The monoisotopic (exact) mass is 402 g/mol. The van der Waals surface area contributed by atoms with Crippen LogP contribution < -0.4 is 15.4 Å². The van der Waals surface area contributed by atoms with Gasteiger partial charge in [0.1, 0.15) is 11.6 Å². The van der Waals surface area contributed by atoms with Crippen molar-refractivity contribution in [1.82, 2.24) is 9.97 Å². The molecule has 154 valence electrons. The van der Waals surface area contributed by atoms with Crippen LogP contribution in [0.25, 0.3) is 0 Å². The zero-order valence-electron chi connectivity index (χ0n) is 17.6. The lowest BCUT2D eigenvalue weighted by molar-refractivity contribution is 0.0972. The minimum Gasteiger partial charge on any atom is -0.494 e. The number of carbonyl (C=O) groups is 1. The van der Waals surface area contributed by atoms with Gasteiger partial charge in [-0.1, -0.05) is 6.07 Å². The molecule has 6 heteroatoms. The summed E-state index contributed by atoms with van der Waals surface area (Å²) in [7, 11) is 0. The minimum atomic E-state index is 0.0928. The second-order valence-corrected chi connectivity index (χ2v) is 7.50. The lowest BCUT2D eigenvalue weighted by Crippen LogP contribution is -2.17. The summed E-state index contributed by atoms with van der Waals surface area (Å²) in [5, 5.41) is 6.61. The summed E-state index contributed by atoms with van der Waals surface area (Å²) < 4.78 is 5.49. The van der Waals surface area contributed by atoms with E-state index in [4.69, 9.17) is 4.74 Å². The van der Waals surface area contributed by atoms with Gasteiger partial charge in [-0.3, -0.25) is 4.79 Å². The molecule has 2 N–H and O–H groups in total. The topological polar surface area (TPSA) is 76.1 Å². The Morgan fingerprint density at radius 3 is 2.43 bits per heavy atom. The molecule has 3 aromatic rings. The number of Topliss-reactive ketones (excluding diaryl/α,β-unsaturated/α-hetero) is 1. The van der Waals surface area contributed by atoms with Gasteiger partial charge in [0.25, 0.3) is 0 Å². The first-order valence-electron chi connectivity index (χ1n) is 10.3. The number of rotatable bonds is 6. The van der Waals surface area contributed by atoms with Gasteiger partial charge in [0.15, 0.2) is 5.78 Å². The van der Waals surface area contributed by atoms with Gasteiger partial charge in [-0.05, 0) is 81.1 Å². The molecule has 0 radical (unpaired) electrons. The average molecular weight is 402 g/mol. The molecule has 0 aliphatic heterocycles. The molecule has 1 heterocycles. The van der Waals surface area contributed by atoms with Crippen molar-refractivity contribution in [3.8, 4) is 5.75 Å². The Morgan fingerprint density at radius 1 is 0.933 bits per heavy atom. The number of aromatic nitrogens is 2. The Hall–Kier alpha value is -3.41. The molecule has 6 nitrogen and oxygen atoms in total. The summed E-state index contributed by atoms with van der Waals surface area (Å²) in [6, 6.07) is 13.8. The summed E-state index contributed by atoms with van der Waals surface area (Å²) >= 11 is 0. The van der Waals surface area contributed by atoms with Crippen molar-refractivity contribution in [2.24, 2.45) is 0 Å².